The first-order valence-electron chi connectivity index (χ1n) is 5.31. The molecule has 0 aromatic heterocycles. The summed E-state index contributed by atoms with van der Waals surface area (Å²) < 4.78 is 6.10. The summed E-state index contributed by atoms with van der Waals surface area (Å²) in [4.78, 5) is 13.0. The normalized spacial score (nSPS) is 9.88. The third kappa shape index (κ3) is 4.65. The van der Waals surface area contributed by atoms with Crippen LogP contribution in [-0.2, 0) is 4.79 Å². The van der Waals surface area contributed by atoms with Gasteiger partial charge in [0.1, 0.15) is 5.75 Å². The number of nitrogens with one attached hydrogen (secondary N) is 1. The molecule has 0 aliphatic heterocycles. The second-order valence-electron chi connectivity index (χ2n) is 3.84. The van der Waals surface area contributed by atoms with Gasteiger partial charge in [0, 0.05) is 43.3 Å². The Balaban J connectivity index is 2.52. The van der Waals surface area contributed by atoms with Crippen LogP contribution in [0, 0.1) is 0 Å². The second-order valence-corrected chi connectivity index (χ2v) is 4.76. The van der Waals surface area contributed by atoms with E-state index in [2.05, 4.69) is 21.2 Å². The van der Waals surface area contributed by atoms with Crippen molar-refractivity contribution in [2.75, 3.05) is 33.1 Å². The van der Waals surface area contributed by atoms with E-state index in [4.69, 9.17) is 4.74 Å². The molecule has 0 heterocycles. The minimum atomic E-state index is 0.111. The maximum absolute atomic E-state index is 11.4. The minimum Gasteiger partial charge on any atom is -0.497 e. The molecule has 0 radical (unpaired) electrons. The van der Waals surface area contributed by atoms with Gasteiger partial charge in [-0.05, 0) is 12.1 Å². The molecule has 4 nitrogen and oxygen atoms in total. The van der Waals surface area contributed by atoms with Gasteiger partial charge in [0.2, 0.25) is 5.91 Å². The third-order valence-corrected chi connectivity index (χ3v) is 2.73. The Bertz CT molecular complexity index is 394. The van der Waals surface area contributed by atoms with Crippen LogP contribution in [0.4, 0.5) is 5.69 Å². The molecule has 5 heteroatoms. The molecule has 0 unspecified atom stereocenters. The number of anilines is 1. The number of amides is 1. The predicted octanol–water partition coefficient (Wildman–Crippen LogP) is 2.35. The molecule has 1 amide bonds. The van der Waals surface area contributed by atoms with Crippen molar-refractivity contribution < 1.29 is 9.53 Å². The van der Waals surface area contributed by atoms with E-state index in [1.165, 1.54) is 0 Å². The Kier molecular flexibility index (Phi) is 5.28. The fraction of sp³-hybridized carbons (Fsp3) is 0.417. The van der Waals surface area contributed by atoms with Crippen LogP contribution in [0.2, 0.25) is 0 Å². The number of hydrogen-bond acceptors (Lipinski definition) is 3. The Hall–Kier alpha value is -1.23. The quantitative estimate of drug-likeness (QED) is 0.907. The van der Waals surface area contributed by atoms with E-state index in [-0.39, 0.29) is 5.91 Å². The zero-order valence-electron chi connectivity index (χ0n) is 10.3. The highest BCUT2D eigenvalue weighted by atomic mass is 79.9. The molecule has 0 fully saturated rings. The van der Waals surface area contributed by atoms with Crippen LogP contribution in [0.15, 0.2) is 22.7 Å². The lowest BCUT2D eigenvalue weighted by Crippen LogP contribution is -2.23. The first kappa shape index (κ1) is 13.8. The molecule has 0 atom stereocenters. The van der Waals surface area contributed by atoms with Crippen molar-refractivity contribution in [3.05, 3.63) is 22.7 Å². The summed E-state index contributed by atoms with van der Waals surface area (Å²) in [6, 6.07) is 5.73. The van der Waals surface area contributed by atoms with Crippen molar-refractivity contribution >= 4 is 27.5 Å². The Morgan fingerprint density at radius 2 is 2.12 bits per heavy atom. The van der Waals surface area contributed by atoms with Gasteiger partial charge >= 0.3 is 0 Å². The first-order valence-corrected chi connectivity index (χ1v) is 6.11. The van der Waals surface area contributed by atoms with Gasteiger partial charge in [-0.15, -0.1) is 0 Å². The van der Waals surface area contributed by atoms with E-state index < -0.39 is 0 Å². The molecule has 1 rings (SSSR count). The summed E-state index contributed by atoms with van der Waals surface area (Å²) in [7, 11) is 5.13. The van der Waals surface area contributed by atoms with Crippen LogP contribution in [0.25, 0.3) is 0 Å². The SMILES string of the molecule is COc1cc(Br)cc(NCCC(=O)N(C)C)c1. The topological polar surface area (TPSA) is 41.6 Å². The lowest BCUT2D eigenvalue weighted by molar-refractivity contribution is -0.128. The number of ether oxygens (including phenoxy) is 1. The highest BCUT2D eigenvalue weighted by molar-refractivity contribution is 9.10. The average Bonchev–Trinajstić information content (AvgIpc) is 2.27. The number of nitrogens with zero attached hydrogens (tertiary/aromatic N) is 1. The molecule has 94 valence electrons. The first-order chi connectivity index (χ1) is 8.02. The zero-order valence-corrected chi connectivity index (χ0v) is 11.9. The van der Waals surface area contributed by atoms with Gasteiger partial charge in [-0.1, -0.05) is 15.9 Å². The predicted molar refractivity (Wildman–Crippen MR) is 72.5 cm³/mol. The summed E-state index contributed by atoms with van der Waals surface area (Å²) in [5.74, 6) is 0.889. The molecular formula is C12H17BrN2O2. The van der Waals surface area contributed by atoms with Crippen molar-refractivity contribution in [3.63, 3.8) is 0 Å². The molecule has 17 heavy (non-hydrogen) atoms. The smallest absolute Gasteiger partial charge is 0.223 e. The van der Waals surface area contributed by atoms with E-state index in [1.807, 2.05) is 18.2 Å². The molecule has 0 saturated heterocycles. The van der Waals surface area contributed by atoms with Crippen LogP contribution in [0.1, 0.15) is 6.42 Å². The van der Waals surface area contributed by atoms with Crippen molar-refractivity contribution in [3.8, 4) is 5.75 Å². The van der Waals surface area contributed by atoms with Gasteiger partial charge in [-0.25, -0.2) is 0 Å². The van der Waals surface area contributed by atoms with E-state index in [1.54, 1.807) is 26.1 Å². The van der Waals surface area contributed by atoms with Crippen molar-refractivity contribution in [2.45, 2.75) is 6.42 Å². The van der Waals surface area contributed by atoms with E-state index in [9.17, 15) is 4.79 Å². The van der Waals surface area contributed by atoms with Crippen LogP contribution in [0.3, 0.4) is 0 Å². The zero-order chi connectivity index (χ0) is 12.8. The van der Waals surface area contributed by atoms with E-state index in [0.717, 1.165) is 15.9 Å². The highest BCUT2D eigenvalue weighted by Gasteiger charge is 2.04. The van der Waals surface area contributed by atoms with Crippen molar-refractivity contribution in [1.29, 1.82) is 0 Å². The fourth-order valence-corrected chi connectivity index (χ4v) is 1.79. The van der Waals surface area contributed by atoms with E-state index in [0.29, 0.717) is 13.0 Å². The Morgan fingerprint density at radius 3 is 2.71 bits per heavy atom. The third-order valence-electron chi connectivity index (χ3n) is 2.27. The molecule has 0 saturated carbocycles. The van der Waals surface area contributed by atoms with Gasteiger partial charge in [0.05, 0.1) is 7.11 Å². The summed E-state index contributed by atoms with van der Waals surface area (Å²) >= 11 is 3.40. The minimum absolute atomic E-state index is 0.111. The summed E-state index contributed by atoms with van der Waals surface area (Å²) in [5.41, 5.74) is 0.933. The van der Waals surface area contributed by atoms with Gasteiger partial charge < -0.3 is 15.0 Å². The lowest BCUT2D eigenvalue weighted by Gasteiger charge is -2.12. The van der Waals surface area contributed by atoms with Gasteiger partial charge in [-0.3, -0.25) is 4.79 Å². The second kappa shape index (κ2) is 6.49. The Labute approximate surface area is 110 Å². The largest absolute Gasteiger partial charge is 0.497 e. The lowest BCUT2D eigenvalue weighted by atomic mass is 10.3. The number of halogens is 1. The molecule has 0 spiro atoms. The number of rotatable bonds is 5. The number of hydrogen-bond donors (Lipinski definition) is 1. The average molecular weight is 301 g/mol. The van der Waals surface area contributed by atoms with Crippen LogP contribution >= 0.6 is 15.9 Å². The summed E-state index contributed by atoms with van der Waals surface area (Å²) in [6.07, 6.45) is 0.474. The maximum atomic E-state index is 11.4. The van der Waals surface area contributed by atoms with E-state index >= 15 is 0 Å². The monoisotopic (exact) mass is 300 g/mol. The molecule has 1 N–H and O–H groups in total. The molecule has 0 aliphatic carbocycles. The van der Waals surface area contributed by atoms with Crippen molar-refractivity contribution in [1.82, 2.24) is 4.90 Å². The fourth-order valence-electron chi connectivity index (χ4n) is 1.32. The maximum Gasteiger partial charge on any atom is 0.223 e. The number of carbonyl (C=O) groups is 1. The number of benzene rings is 1. The molecular weight excluding hydrogens is 284 g/mol. The van der Waals surface area contributed by atoms with Gasteiger partial charge in [-0.2, -0.15) is 0 Å². The summed E-state index contributed by atoms with van der Waals surface area (Å²) in [5, 5.41) is 3.19. The number of carbonyl (C=O) groups excluding carboxylic acids is 1. The standard InChI is InChI=1S/C12H17BrN2O2/c1-15(2)12(16)4-5-14-10-6-9(13)7-11(8-10)17-3/h6-8,14H,4-5H2,1-3H3. The van der Waals surface area contributed by atoms with Crippen molar-refractivity contribution in [2.24, 2.45) is 0 Å². The van der Waals surface area contributed by atoms with Gasteiger partial charge in [0.15, 0.2) is 0 Å². The highest BCUT2D eigenvalue weighted by Crippen LogP contribution is 2.24. The Morgan fingerprint density at radius 1 is 1.41 bits per heavy atom. The molecule has 1 aromatic carbocycles. The molecule has 0 bridgehead atoms. The van der Waals surface area contributed by atoms with Crippen LogP contribution in [-0.4, -0.2) is 38.6 Å². The van der Waals surface area contributed by atoms with Crippen LogP contribution in [0.5, 0.6) is 5.75 Å². The number of methoxy groups -OCH3 is 1. The molecule has 1 aromatic rings. The van der Waals surface area contributed by atoms with Gasteiger partial charge in [0.25, 0.3) is 0 Å². The van der Waals surface area contributed by atoms with Crippen LogP contribution < -0.4 is 10.1 Å². The summed E-state index contributed by atoms with van der Waals surface area (Å²) in [6.45, 7) is 0.608. The molecule has 0 aliphatic rings.